The predicted octanol–water partition coefficient (Wildman–Crippen LogP) is 4.09. The van der Waals surface area contributed by atoms with Crippen LogP contribution < -0.4 is 16.0 Å². The van der Waals surface area contributed by atoms with Crippen LogP contribution in [-0.4, -0.2) is 86.5 Å². The average molecular weight is 520 g/mol. The van der Waals surface area contributed by atoms with Gasteiger partial charge in [-0.15, -0.1) is 0 Å². The molecule has 2 aliphatic heterocycles. The number of amides is 2. The summed E-state index contributed by atoms with van der Waals surface area (Å²) in [4.78, 5) is 26.3. The maximum Gasteiger partial charge on any atom is 0.319 e. The molecule has 1 aromatic rings. The Kier molecular flexibility index (Phi) is 9.09. The van der Waals surface area contributed by atoms with Gasteiger partial charge in [0.05, 0.1) is 18.6 Å². The second-order valence-corrected chi connectivity index (χ2v) is 10.7. The first-order valence-electron chi connectivity index (χ1n) is 14.1. The number of nitrogens with zero attached hydrogens (tertiary/aromatic N) is 4. The first-order valence-corrected chi connectivity index (χ1v) is 14.1. The van der Waals surface area contributed by atoms with E-state index in [1.807, 2.05) is 30.3 Å². The van der Waals surface area contributed by atoms with Gasteiger partial charge in [0.25, 0.3) is 0 Å². The van der Waals surface area contributed by atoms with Crippen molar-refractivity contribution in [3.8, 4) is 0 Å². The number of urea groups is 1. The van der Waals surface area contributed by atoms with Crippen LogP contribution in [0.5, 0.6) is 0 Å². The molecule has 9 heteroatoms. The van der Waals surface area contributed by atoms with E-state index in [4.69, 9.17) is 4.74 Å². The zero-order chi connectivity index (χ0) is 26.2. The molecule has 2 fully saturated rings. The van der Waals surface area contributed by atoms with Crippen LogP contribution >= 0.6 is 0 Å². The Balaban J connectivity index is 1.06. The maximum atomic E-state index is 12.3. The summed E-state index contributed by atoms with van der Waals surface area (Å²) >= 11 is 0. The number of aliphatic imine (C=N–C) groups is 2. The van der Waals surface area contributed by atoms with Crippen molar-refractivity contribution in [3.05, 3.63) is 48.3 Å². The van der Waals surface area contributed by atoms with Crippen molar-refractivity contribution < 1.29 is 9.53 Å². The zero-order valence-corrected chi connectivity index (χ0v) is 22.4. The van der Waals surface area contributed by atoms with E-state index in [1.54, 1.807) is 6.34 Å². The molecule has 2 amide bonds. The molecular weight excluding hydrogens is 478 g/mol. The molecule has 4 aliphatic rings. The van der Waals surface area contributed by atoms with E-state index in [9.17, 15) is 4.79 Å². The quantitative estimate of drug-likeness (QED) is 0.450. The largest absolute Gasteiger partial charge is 0.494 e. The second-order valence-electron chi connectivity index (χ2n) is 10.7. The van der Waals surface area contributed by atoms with Gasteiger partial charge in [0.2, 0.25) is 0 Å². The van der Waals surface area contributed by atoms with E-state index in [-0.39, 0.29) is 24.0 Å². The van der Waals surface area contributed by atoms with E-state index in [0.29, 0.717) is 6.61 Å². The first-order chi connectivity index (χ1) is 18.6. The average Bonchev–Trinajstić information content (AvgIpc) is 2.94. The van der Waals surface area contributed by atoms with Gasteiger partial charge in [-0.2, -0.15) is 0 Å². The van der Waals surface area contributed by atoms with E-state index < -0.39 is 0 Å². The number of benzene rings is 1. The maximum absolute atomic E-state index is 12.3. The van der Waals surface area contributed by atoms with Crippen molar-refractivity contribution in [2.75, 3.05) is 57.0 Å². The minimum atomic E-state index is -0.134. The van der Waals surface area contributed by atoms with Gasteiger partial charge in [0.15, 0.2) is 0 Å². The Morgan fingerprint density at radius 1 is 1.05 bits per heavy atom. The molecule has 0 spiro atoms. The molecule has 9 nitrogen and oxygen atoms in total. The van der Waals surface area contributed by atoms with Gasteiger partial charge in [-0.25, -0.2) is 9.79 Å². The summed E-state index contributed by atoms with van der Waals surface area (Å²) in [6, 6.07) is 7.84. The van der Waals surface area contributed by atoms with Crippen molar-refractivity contribution in [2.24, 2.45) is 15.9 Å². The van der Waals surface area contributed by atoms with E-state index in [2.05, 4.69) is 54.9 Å². The number of nitrogens with one attached hydrogen (secondary N) is 3. The molecule has 2 unspecified atom stereocenters. The van der Waals surface area contributed by atoms with Crippen molar-refractivity contribution in [2.45, 2.75) is 50.6 Å². The minimum absolute atomic E-state index is 0.0305. The van der Waals surface area contributed by atoms with Crippen LogP contribution in [0.25, 0.3) is 0 Å². The van der Waals surface area contributed by atoms with Gasteiger partial charge < -0.3 is 30.5 Å². The van der Waals surface area contributed by atoms with Gasteiger partial charge in [-0.3, -0.25) is 4.99 Å². The third kappa shape index (κ3) is 7.45. The SMILES string of the molecule is CN1CCN(CCCOC2=CC3N=CN=C(Nc4ccc(NC(=O)NC5CCCCC5)cc4)C3C=C2)CC1. The molecule has 3 N–H and O–H groups in total. The van der Waals surface area contributed by atoms with Crippen molar-refractivity contribution in [3.63, 3.8) is 0 Å². The second kappa shape index (κ2) is 13.1. The fraction of sp³-hybridized carbons (Fsp3) is 0.552. The number of likely N-dealkylation sites (N-methyl/N-ethyl adjacent to an activating group) is 1. The van der Waals surface area contributed by atoms with Gasteiger partial charge in [0, 0.05) is 50.1 Å². The monoisotopic (exact) mass is 519 g/mol. The molecule has 38 heavy (non-hydrogen) atoms. The van der Waals surface area contributed by atoms with Crippen molar-refractivity contribution in [1.29, 1.82) is 0 Å². The Morgan fingerprint density at radius 2 is 1.82 bits per heavy atom. The van der Waals surface area contributed by atoms with Crippen LogP contribution in [0.3, 0.4) is 0 Å². The van der Waals surface area contributed by atoms with E-state index >= 15 is 0 Å². The molecule has 0 radical (unpaired) electrons. The Bertz CT molecular complexity index is 1050. The number of anilines is 2. The fourth-order valence-electron chi connectivity index (χ4n) is 5.43. The standard InChI is InChI=1S/C29H41N7O2/c1-35-15-17-36(18-16-35)14-5-19-38-25-12-13-26-27(20-25)30-21-31-28(26)32-23-8-10-24(11-9-23)34-29(37)33-22-6-3-2-4-7-22/h8-13,20-22,26-27H,2-7,14-19H2,1H3,(H,30,31,32)(H2,33,34,37). The highest BCUT2D eigenvalue weighted by molar-refractivity contribution is 6.04. The van der Waals surface area contributed by atoms with Crippen LogP contribution in [0.15, 0.2) is 58.2 Å². The van der Waals surface area contributed by atoms with Crippen LogP contribution in [-0.2, 0) is 4.74 Å². The number of hydrogen-bond acceptors (Lipinski definition) is 7. The van der Waals surface area contributed by atoms with Crippen LogP contribution in [0, 0.1) is 5.92 Å². The molecule has 204 valence electrons. The number of hydrogen-bond donors (Lipinski definition) is 3. The number of carbonyl (C=O) groups is 1. The lowest BCUT2D eigenvalue weighted by Gasteiger charge is -2.32. The lowest BCUT2D eigenvalue weighted by Crippen LogP contribution is -2.44. The molecule has 1 saturated carbocycles. The molecule has 5 rings (SSSR count). The molecule has 0 aromatic heterocycles. The molecular formula is C29H41N7O2. The number of fused-ring (bicyclic) bond motifs is 1. The summed E-state index contributed by atoms with van der Waals surface area (Å²) in [6.45, 7) is 6.36. The summed E-state index contributed by atoms with van der Waals surface area (Å²) in [5.74, 6) is 1.77. The Hall–Kier alpha value is -3.17. The van der Waals surface area contributed by atoms with Crippen LogP contribution in [0.4, 0.5) is 16.2 Å². The predicted molar refractivity (Wildman–Crippen MR) is 154 cm³/mol. The summed E-state index contributed by atoms with van der Waals surface area (Å²) in [7, 11) is 2.18. The third-order valence-corrected chi connectivity index (χ3v) is 7.76. The van der Waals surface area contributed by atoms with Gasteiger partial charge in [-0.05, 0) is 62.7 Å². The fourth-order valence-corrected chi connectivity index (χ4v) is 5.43. The highest BCUT2D eigenvalue weighted by Crippen LogP contribution is 2.26. The van der Waals surface area contributed by atoms with Crippen molar-refractivity contribution >= 4 is 29.6 Å². The van der Waals surface area contributed by atoms with Gasteiger partial charge in [0.1, 0.15) is 17.9 Å². The molecule has 1 aromatic carbocycles. The molecule has 0 bridgehead atoms. The minimum Gasteiger partial charge on any atom is -0.494 e. The zero-order valence-electron chi connectivity index (χ0n) is 22.4. The lowest BCUT2D eigenvalue weighted by molar-refractivity contribution is 0.136. The third-order valence-electron chi connectivity index (χ3n) is 7.76. The number of rotatable bonds is 8. The normalized spacial score (nSPS) is 24.2. The number of amidine groups is 1. The van der Waals surface area contributed by atoms with Gasteiger partial charge in [-0.1, -0.05) is 25.3 Å². The lowest BCUT2D eigenvalue weighted by atomic mass is 9.92. The molecule has 2 atom stereocenters. The molecule has 1 saturated heterocycles. The highest BCUT2D eigenvalue weighted by atomic mass is 16.5. The number of allylic oxidation sites excluding steroid dienone is 1. The Morgan fingerprint density at radius 3 is 2.61 bits per heavy atom. The smallest absolute Gasteiger partial charge is 0.319 e. The Labute approximate surface area is 226 Å². The molecule has 2 heterocycles. The van der Waals surface area contributed by atoms with Gasteiger partial charge >= 0.3 is 6.03 Å². The summed E-state index contributed by atoms with van der Waals surface area (Å²) in [5.41, 5.74) is 1.68. The molecule has 2 aliphatic carbocycles. The highest BCUT2D eigenvalue weighted by Gasteiger charge is 2.28. The van der Waals surface area contributed by atoms with Crippen LogP contribution in [0.1, 0.15) is 38.5 Å². The first kappa shape index (κ1) is 26.4. The summed E-state index contributed by atoms with van der Waals surface area (Å²) in [6.07, 6.45) is 14.7. The summed E-state index contributed by atoms with van der Waals surface area (Å²) in [5, 5.41) is 9.47. The van der Waals surface area contributed by atoms with Crippen molar-refractivity contribution in [1.82, 2.24) is 15.1 Å². The van der Waals surface area contributed by atoms with E-state index in [1.165, 1.54) is 19.3 Å². The number of piperazine rings is 1. The number of ether oxygens (including phenoxy) is 1. The van der Waals surface area contributed by atoms with Crippen LogP contribution in [0.2, 0.25) is 0 Å². The topological polar surface area (TPSA) is 93.6 Å². The van der Waals surface area contributed by atoms with E-state index in [0.717, 1.165) is 75.0 Å². The number of carbonyl (C=O) groups excluding carboxylic acids is 1. The summed E-state index contributed by atoms with van der Waals surface area (Å²) < 4.78 is 6.05.